The maximum atomic E-state index is 12.2. The molecular formula is C26H37NO. The molecule has 28 heavy (non-hydrogen) atoms. The summed E-state index contributed by atoms with van der Waals surface area (Å²) >= 11 is 0. The molecule has 2 heteroatoms. The highest BCUT2D eigenvalue weighted by molar-refractivity contribution is 5.33. The summed E-state index contributed by atoms with van der Waals surface area (Å²) in [7, 11) is 4.23. The first-order valence-electron chi connectivity index (χ1n) is 10.7. The van der Waals surface area contributed by atoms with E-state index < -0.39 is 5.60 Å². The fraction of sp³-hybridized carbons (Fsp3) is 0.538. The summed E-state index contributed by atoms with van der Waals surface area (Å²) in [5.74, 6) is 0.500. The fourth-order valence-corrected chi connectivity index (χ4v) is 4.92. The van der Waals surface area contributed by atoms with Crippen molar-refractivity contribution in [3.8, 4) is 0 Å². The van der Waals surface area contributed by atoms with Crippen molar-refractivity contribution < 1.29 is 5.11 Å². The zero-order chi connectivity index (χ0) is 20.4. The lowest BCUT2D eigenvalue weighted by atomic mass is 9.63. The zero-order valence-electron chi connectivity index (χ0n) is 18.3. The highest BCUT2D eigenvalue weighted by Gasteiger charge is 2.47. The third-order valence-electron chi connectivity index (χ3n) is 6.47. The minimum atomic E-state index is -0.783. The van der Waals surface area contributed by atoms with Gasteiger partial charge >= 0.3 is 0 Å². The molecule has 1 aliphatic carbocycles. The summed E-state index contributed by atoms with van der Waals surface area (Å²) < 4.78 is 0. The number of rotatable bonds is 5. The molecule has 2 aromatic carbocycles. The van der Waals surface area contributed by atoms with E-state index in [1.54, 1.807) is 0 Å². The van der Waals surface area contributed by atoms with Crippen molar-refractivity contribution >= 4 is 0 Å². The molecule has 0 bridgehead atoms. The van der Waals surface area contributed by atoms with Crippen molar-refractivity contribution in [2.45, 2.75) is 57.5 Å². The van der Waals surface area contributed by atoms with Gasteiger partial charge in [-0.3, -0.25) is 0 Å². The molecule has 3 atom stereocenters. The van der Waals surface area contributed by atoms with Gasteiger partial charge in [-0.25, -0.2) is 0 Å². The average molecular weight is 380 g/mol. The Balaban J connectivity index is 1.98. The topological polar surface area (TPSA) is 23.5 Å². The second kappa shape index (κ2) is 8.39. The maximum absolute atomic E-state index is 12.2. The van der Waals surface area contributed by atoms with Crippen LogP contribution in [0.5, 0.6) is 0 Å². The van der Waals surface area contributed by atoms with Crippen LogP contribution in [0.1, 0.15) is 56.7 Å². The Morgan fingerprint density at radius 2 is 1.54 bits per heavy atom. The highest BCUT2D eigenvalue weighted by atomic mass is 16.3. The lowest BCUT2D eigenvalue weighted by Crippen LogP contribution is -2.49. The second-order valence-corrected chi connectivity index (χ2v) is 9.93. The Kier molecular flexibility index (Phi) is 6.31. The smallest absolute Gasteiger partial charge is 0.0967 e. The molecule has 3 rings (SSSR count). The van der Waals surface area contributed by atoms with Crippen molar-refractivity contribution in [3.63, 3.8) is 0 Å². The number of hydrogen-bond acceptors (Lipinski definition) is 2. The first kappa shape index (κ1) is 21.1. The van der Waals surface area contributed by atoms with E-state index in [-0.39, 0.29) is 17.3 Å². The van der Waals surface area contributed by atoms with Crippen LogP contribution in [-0.4, -0.2) is 30.6 Å². The summed E-state index contributed by atoms with van der Waals surface area (Å²) in [5, 5.41) is 12.2. The molecule has 1 aliphatic rings. The fourth-order valence-electron chi connectivity index (χ4n) is 4.92. The molecule has 0 saturated heterocycles. The van der Waals surface area contributed by atoms with E-state index in [1.165, 1.54) is 17.5 Å². The molecule has 1 N–H and O–H groups in total. The van der Waals surface area contributed by atoms with Crippen LogP contribution in [0.2, 0.25) is 0 Å². The van der Waals surface area contributed by atoms with E-state index in [4.69, 9.17) is 0 Å². The van der Waals surface area contributed by atoms with E-state index in [0.717, 1.165) is 31.4 Å². The third-order valence-corrected chi connectivity index (χ3v) is 6.47. The molecule has 0 heterocycles. The molecule has 0 aliphatic heterocycles. The molecule has 0 spiro atoms. The Morgan fingerprint density at radius 1 is 0.929 bits per heavy atom. The minimum Gasteiger partial charge on any atom is -0.385 e. The van der Waals surface area contributed by atoms with Gasteiger partial charge in [0.25, 0.3) is 0 Å². The van der Waals surface area contributed by atoms with Crippen molar-refractivity contribution in [1.82, 2.24) is 4.90 Å². The van der Waals surface area contributed by atoms with Gasteiger partial charge < -0.3 is 10.0 Å². The molecule has 3 unspecified atom stereocenters. The van der Waals surface area contributed by atoms with Gasteiger partial charge in [0.1, 0.15) is 0 Å². The van der Waals surface area contributed by atoms with Gasteiger partial charge in [-0.15, -0.1) is 0 Å². The monoisotopic (exact) mass is 379 g/mol. The number of benzene rings is 2. The predicted octanol–water partition coefficient (Wildman–Crippen LogP) is 5.39. The Labute approximate surface area is 171 Å². The van der Waals surface area contributed by atoms with Crippen molar-refractivity contribution in [2.75, 3.05) is 20.6 Å². The van der Waals surface area contributed by atoms with Gasteiger partial charge in [0.15, 0.2) is 0 Å². The number of aliphatic hydroxyl groups is 1. The maximum Gasteiger partial charge on any atom is 0.0967 e. The van der Waals surface area contributed by atoms with E-state index >= 15 is 0 Å². The van der Waals surface area contributed by atoms with Crippen molar-refractivity contribution in [3.05, 3.63) is 71.3 Å². The first-order chi connectivity index (χ1) is 13.2. The van der Waals surface area contributed by atoms with Gasteiger partial charge in [-0.1, -0.05) is 81.8 Å². The van der Waals surface area contributed by atoms with Crippen LogP contribution in [0.4, 0.5) is 0 Å². The van der Waals surface area contributed by atoms with E-state index in [2.05, 4.69) is 94.4 Å². The van der Waals surface area contributed by atoms with Gasteiger partial charge in [-0.05, 0) is 61.4 Å². The van der Waals surface area contributed by atoms with E-state index in [1.807, 2.05) is 0 Å². The standard InChI is InChI=1S/C26H37NO/c1-25(2,3)21-14-16-22(17-15-21)26(28)23(18-20-10-7-6-8-11-20)12-9-13-24(26)19-27(4)5/h6-8,10-11,14-17,23-24,28H,9,12-13,18-19H2,1-5H3. The van der Waals surface area contributed by atoms with Crippen LogP contribution >= 0.6 is 0 Å². The highest BCUT2D eigenvalue weighted by Crippen LogP contribution is 2.47. The second-order valence-electron chi connectivity index (χ2n) is 9.93. The van der Waals surface area contributed by atoms with Gasteiger partial charge in [0, 0.05) is 12.5 Å². The van der Waals surface area contributed by atoms with Crippen LogP contribution < -0.4 is 0 Å². The van der Waals surface area contributed by atoms with Crippen LogP contribution in [0.15, 0.2) is 54.6 Å². The van der Waals surface area contributed by atoms with Crippen molar-refractivity contribution in [1.29, 1.82) is 0 Å². The number of hydrogen-bond donors (Lipinski definition) is 1. The lowest BCUT2D eigenvalue weighted by Gasteiger charge is -2.47. The first-order valence-corrected chi connectivity index (χ1v) is 10.7. The van der Waals surface area contributed by atoms with E-state index in [9.17, 15) is 5.11 Å². The average Bonchev–Trinajstić information content (AvgIpc) is 2.65. The third kappa shape index (κ3) is 4.50. The molecule has 1 saturated carbocycles. The van der Waals surface area contributed by atoms with Crippen LogP contribution in [0.25, 0.3) is 0 Å². The number of nitrogens with zero attached hydrogens (tertiary/aromatic N) is 1. The quantitative estimate of drug-likeness (QED) is 0.752. The molecule has 0 radical (unpaired) electrons. The molecule has 2 aromatic rings. The van der Waals surface area contributed by atoms with Gasteiger partial charge in [0.05, 0.1) is 5.60 Å². The zero-order valence-corrected chi connectivity index (χ0v) is 18.3. The Hall–Kier alpha value is -1.64. The molecular weight excluding hydrogens is 342 g/mol. The minimum absolute atomic E-state index is 0.125. The Morgan fingerprint density at radius 3 is 2.11 bits per heavy atom. The largest absolute Gasteiger partial charge is 0.385 e. The lowest BCUT2D eigenvalue weighted by molar-refractivity contribution is -0.107. The summed E-state index contributed by atoms with van der Waals surface area (Å²) in [4.78, 5) is 2.23. The molecule has 0 amide bonds. The van der Waals surface area contributed by atoms with E-state index in [0.29, 0.717) is 0 Å². The van der Waals surface area contributed by atoms with Crippen molar-refractivity contribution in [2.24, 2.45) is 11.8 Å². The summed E-state index contributed by atoms with van der Waals surface area (Å²) in [6.07, 6.45) is 4.29. The van der Waals surface area contributed by atoms with Gasteiger partial charge in [0.2, 0.25) is 0 Å². The van der Waals surface area contributed by atoms with Crippen LogP contribution in [-0.2, 0) is 17.4 Å². The normalized spacial score (nSPS) is 25.8. The SMILES string of the molecule is CN(C)CC1CCCC(Cc2ccccc2)C1(O)c1ccc(C(C)(C)C)cc1. The summed E-state index contributed by atoms with van der Waals surface area (Å²) in [6.45, 7) is 7.64. The summed E-state index contributed by atoms with van der Waals surface area (Å²) in [6, 6.07) is 19.5. The van der Waals surface area contributed by atoms with Crippen LogP contribution in [0.3, 0.4) is 0 Å². The predicted molar refractivity (Wildman–Crippen MR) is 119 cm³/mol. The van der Waals surface area contributed by atoms with Gasteiger partial charge in [-0.2, -0.15) is 0 Å². The Bertz CT molecular complexity index is 744. The molecule has 1 fully saturated rings. The molecule has 2 nitrogen and oxygen atoms in total. The van der Waals surface area contributed by atoms with Crippen LogP contribution in [0, 0.1) is 11.8 Å². The molecule has 0 aromatic heterocycles. The summed E-state index contributed by atoms with van der Waals surface area (Å²) in [5.41, 5.74) is 3.07. The molecule has 152 valence electrons.